The molecule has 0 aromatic rings. The van der Waals surface area contributed by atoms with E-state index in [1.165, 1.54) is 18.4 Å². The van der Waals surface area contributed by atoms with Crippen molar-refractivity contribution in [3.05, 3.63) is 11.8 Å². The van der Waals surface area contributed by atoms with E-state index in [0.29, 0.717) is 10.8 Å². The molecule has 4 saturated carbocycles. The largest absolute Gasteiger partial charge is 0.501 e. The van der Waals surface area contributed by atoms with Crippen LogP contribution in [0.15, 0.2) is 11.8 Å². The highest BCUT2D eigenvalue weighted by molar-refractivity contribution is 5.29. The second kappa shape index (κ2) is 2.61. The molecule has 4 aliphatic carbocycles. The average molecular weight is 206 g/mol. The molecule has 84 valence electrons. The average Bonchev–Trinajstić information content (AvgIpc) is 2.53. The number of hydrogen-bond acceptors (Lipinski definition) is 1. The molecule has 0 aromatic carbocycles. The SMILES string of the molecule is CC(C)=COC[C@@]1(C)C2C[C@@H]3[C@H](C2)C31C. The molecule has 4 aliphatic rings. The van der Waals surface area contributed by atoms with Crippen molar-refractivity contribution in [1.82, 2.24) is 0 Å². The Morgan fingerprint density at radius 2 is 1.87 bits per heavy atom. The van der Waals surface area contributed by atoms with Gasteiger partial charge in [-0.15, -0.1) is 0 Å². The lowest BCUT2D eigenvalue weighted by molar-refractivity contribution is 0.0541. The Kier molecular flexibility index (Phi) is 1.70. The topological polar surface area (TPSA) is 9.23 Å². The van der Waals surface area contributed by atoms with Gasteiger partial charge in [-0.05, 0) is 55.4 Å². The summed E-state index contributed by atoms with van der Waals surface area (Å²) in [6.07, 6.45) is 4.90. The Labute approximate surface area is 92.9 Å². The summed E-state index contributed by atoms with van der Waals surface area (Å²) in [7, 11) is 0. The fourth-order valence-electron chi connectivity index (χ4n) is 4.69. The zero-order valence-corrected chi connectivity index (χ0v) is 10.3. The lowest BCUT2D eigenvalue weighted by Crippen LogP contribution is -2.32. The van der Waals surface area contributed by atoms with E-state index in [2.05, 4.69) is 27.7 Å². The van der Waals surface area contributed by atoms with Gasteiger partial charge in [0, 0.05) is 5.41 Å². The molecule has 4 rings (SSSR count). The van der Waals surface area contributed by atoms with Gasteiger partial charge in [-0.3, -0.25) is 0 Å². The molecule has 0 amide bonds. The highest BCUT2D eigenvalue weighted by Crippen LogP contribution is 2.86. The third-order valence-corrected chi connectivity index (χ3v) is 5.83. The molecule has 2 unspecified atom stereocenters. The summed E-state index contributed by atoms with van der Waals surface area (Å²) >= 11 is 0. The molecule has 1 nitrogen and oxygen atoms in total. The number of ether oxygens (including phenoxy) is 1. The maximum Gasteiger partial charge on any atom is 0.0934 e. The smallest absolute Gasteiger partial charge is 0.0934 e. The Bertz CT molecular complexity index is 314. The second-order valence-corrected chi connectivity index (χ2v) is 6.59. The molecule has 0 N–H and O–H groups in total. The summed E-state index contributed by atoms with van der Waals surface area (Å²) in [5.74, 6) is 3.04. The van der Waals surface area contributed by atoms with Gasteiger partial charge in [0.25, 0.3) is 0 Å². The van der Waals surface area contributed by atoms with Crippen LogP contribution in [-0.4, -0.2) is 6.61 Å². The predicted molar refractivity (Wildman–Crippen MR) is 61.3 cm³/mol. The Balaban J connectivity index is 1.73. The van der Waals surface area contributed by atoms with Gasteiger partial charge in [0.15, 0.2) is 0 Å². The van der Waals surface area contributed by atoms with E-state index in [1.54, 1.807) is 0 Å². The van der Waals surface area contributed by atoms with Gasteiger partial charge in [0.1, 0.15) is 0 Å². The lowest BCUT2D eigenvalue weighted by Gasteiger charge is -2.33. The van der Waals surface area contributed by atoms with Gasteiger partial charge in [-0.1, -0.05) is 13.8 Å². The fraction of sp³-hybridized carbons (Fsp3) is 0.857. The summed E-state index contributed by atoms with van der Waals surface area (Å²) in [6, 6.07) is 0. The molecule has 4 fully saturated rings. The molecule has 0 aliphatic heterocycles. The van der Waals surface area contributed by atoms with E-state index in [4.69, 9.17) is 4.74 Å². The van der Waals surface area contributed by atoms with Crippen molar-refractivity contribution >= 4 is 0 Å². The van der Waals surface area contributed by atoms with Crippen LogP contribution in [0.25, 0.3) is 0 Å². The molecular formula is C14H22O. The standard InChI is InChI=1S/C14H22O/c1-9(2)7-15-8-13(3)10-5-11-12(6-10)14(11,13)4/h7,10-12H,5-6,8H2,1-4H3/t10?,11-,12+,13-,14?/m0/s1. The van der Waals surface area contributed by atoms with E-state index in [1.807, 2.05) is 6.26 Å². The van der Waals surface area contributed by atoms with Gasteiger partial charge in [0.05, 0.1) is 12.9 Å². The number of allylic oxidation sites excluding steroid dienone is 1. The zero-order valence-electron chi connectivity index (χ0n) is 10.3. The summed E-state index contributed by atoms with van der Waals surface area (Å²) in [6.45, 7) is 10.1. The van der Waals surface area contributed by atoms with E-state index < -0.39 is 0 Å². The van der Waals surface area contributed by atoms with Crippen molar-refractivity contribution in [2.75, 3.05) is 6.61 Å². The molecule has 5 atom stereocenters. The molecule has 0 saturated heterocycles. The van der Waals surface area contributed by atoms with E-state index in [0.717, 1.165) is 24.4 Å². The summed E-state index contributed by atoms with van der Waals surface area (Å²) in [4.78, 5) is 0. The fourth-order valence-corrected chi connectivity index (χ4v) is 4.69. The first-order valence-corrected chi connectivity index (χ1v) is 6.25. The second-order valence-electron chi connectivity index (χ2n) is 6.59. The number of rotatable bonds is 3. The van der Waals surface area contributed by atoms with Crippen molar-refractivity contribution < 1.29 is 4.74 Å². The van der Waals surface area contributed by atoms with Crippen LogP contribution in [-0.2, 0) is 4.74 Å². The van der Waals surface area contributed by atoms with Crippen LogP contribution in [0.1, 0.15) is 40.5 Å². The van der Waals surface area contributed by atoms with Gasteiger partial charge in [0.2, 0.25) is 0 Å². The van der Waals surface area contributed by atoms with Gasteiger partial charge < -0.3 is 4.74 Å². The highest BCUT2D eigenvalue weighted by Gasteiger charge is 2.81. The van der Waals surface area contributed by atoms with Crippen molar-refractivity contribution in [2.45, 2.75) is 40.5 Å². The first-order chi connectivity index (χ1) is 7.00. The quantitative estimate of drug-likeness (QED) is 0.641. The van der Waals surface area contributed by atoms with Crippen LogP contribution in [0.4, 0.5) is 0 Å². The van der Waals surface area contributed by atoms with Crippen molar-refractivity contribution in [3.63, 3.8) is 0 Å². The minimum absolute atomic E-state index is 0.467. The highest BCUT2D eigenvalue weighted by atomic mass is 16.5. The molecule has 0 spiro atoms. The molecule has 15 heavy (non-hydrogen) atoms. The first kappa shape index (κ1) is 9.74. The van der Waals surface area contributed by atoms with Crippen LogP contribution in [0.5, 0.6) is 0 Å². The van der Waals surface area contributed by atoms with Gasteiger partial charge in [-0.25, -0.2) is 0 Å². The maximum atomic E-state index is 5.78. The number of hydrogen-bond donors (Lipinski definition) is 0. The normalized spacial score (nSPS) is 54.3. The minimum atomic E-state index is 0.467. The molecule has 0 heterocycles. The summed E-state index contributed by atoms with van der Waals surface area (Å²) in [5, 5.41) is 0. The van der Waals surface area contributed by atoms with Crippen LogP contribution in [0, 0.1) is 28.6 Å². The van der Waals surface area contributed by atoms with Gasteiger partial charge >= 0.3 is 0 Å². The van der Waals surface area contributed by atoms with E-state index in [9.17, 15) is 0 Å². The van der Waals surface area contributed by atoms with Crippen LogP contribution in [0.2, 0.25) is 0 Å². The van der Waals surface area contributed by atoms with Gasteiger partial charge in [-0.2, -0.15) is 0 Å². The van der Waals surface area contributed by atoms with Crippen LogP contribution >= 0.6 is 0 Å². The molecule has 0 aromatic heterocycles. The van der Waals surface area contributed by atoms with E-state index >= 15 is 0 Å². The minimum Gasteiger partial charge on any atom is -0.501 e. The predicted octanol–water partition coefficient (Wildman–Crippen LogP) is 3.61. The molecule has 0 radical (unpaired) electrons. The van der Waals surface area contributed by atoms with Crippen molar-refractivity contribution in [2.24, 2.45) is 28.6 Å². The van der Waals surface area contributed by atoms with Crippen molar-refractivity contribution in [3.8, 4) is 0 Å². The Morgan fingerprint density at radius 1 is 1.27 bits per heavy atom. The van der Waals surface area contributed by atoms with Crippen LogP contribution in [0.3, 0.4) is 0 Å². The summed E-state index contributed by atoms with van der Waals surface area (Å²) < 4.78 is 5.78. The molecular weight excluding hydrogens is 184 g/mol. The van der Waals surface area contributed by atoms with Crippen molar-refractivity contribution in [1.29, 1.82) is 0 Å². The summed E-state index contributed by atoms with van der Waals surface area (Å²) in [5.41, 5.74) is 2.36. The van der Waals surface area contributed by atoms with E-state index in [-0.39, 0.29) is 0 Å². The monoisotopic (exact) mass is 206 g/mol. The molecule has 1 heteroatoms. The third kappa shape index (κ3) is 0.951. The zero-order chi connectivity index (χ0) is 10.8. The van der Waals surface area contributed by atoms with Crippen LogP contribution < -0.4 is 0 Å². The maximum absolute atomic E-state index is 5.78. The Morgan fingerprint density at radius 3 is 2.27 bits per heavy atom. The molecule has 4 bridgehead atoms. The Hall–Kier alpha value is -0.460. The first-order valence-electron chi connectivity index (χ1n) is 6.25. The third-order valence-electron chi connectivity index (χ3n) is 5.83. The lowest BCUT2D eigenvalue weighted by atomic mass is 9.75.